The van der Waals surface area contributed by atoms with Crippen molar-refractivity contribution in [2.45, 2.75) is 37.6 Å². The third kappa shape index (κ3) is 3.84. The molecule has 0 spiro atoms. The number of hydrogen-bond donors (Lipinski definition) is 1. The molecule has 1 amide bonds. The topological polar surface area (TPSA) is 58.6 Å². The van der Waals surface area contributed by atoms with Gasteiger partial charge in [0.15, 0.2) is 0 Å². The molecule has 0 radical (unpaired) electrons. The highest BCUT2D eigenvalue weighted by Gasteiger charge is 2.38. The molecule has 0 bridgehead atoms. The van der Waals surface area contributed by atoms with Gasteiger partial charge in [-0.15, -0.1) is 0 Å². The van der Waals surface area contributed by atoms with Gasteiger partial charge in [0, 0.05) is 36.3 Å². The Hall–Kier alpha value is -1.72. The number of benzene rings is 1. The molecule has 1 aliphatic heterocycles. The number of carbonyl (C=O) groups excluding carboxylic acids is 2. The molecular weight excluding hydrogens is 304 g/mol. The lowest BCUT2D eigenvalue weighted by molar-refractivity contribution is -0.0361. The van der Waals surface area contributed by atoms with Crippen molar-refractivity contribution in [3.63, 3.8) is 0 Å². The van der Waals surface area contributed by atoms with E-state index >= 15 is 0 Å². The Morgan fingerprint density at radius 2 is 1.79 bits per heavy atom. The Kier molecular flexibility index (Phi) is 5.63. The summed E-state index contributed by atoms with van der Waals surface area (Å²) in [4.78, 5) is 25.7. The van der Waals surface area contributed by atoms with Crippen LogP contribution in [0.5, 0.6) is 0 Å². The molecule has 1 aromatic carbocycles. The lowest BCUT2D eigenvalue weighted by Crippen LogP contribution is -2.59. The third-order valence-corrected chi connectivity index (χ3v) is 5.35. The van der Waals surface area contributed by atoms with Crippen molar-refractivity contribution in [1.82, 2.24) is 10.2 Å². The summed E-state index contributed by atoms with van der Waals surface area (Å²) in [7, 11) is 0. The van der Waals surface area contributed by atoms with Crippen LogP contribution in [0.3, 0.4) is 0 Å². The molecule has 2 aliphatic rings. The Labute approximate surface area is 143 Å². The van der Waals surface area contributed by atoms with Crippen LogP contribution in [0, 0.1) is 0 Å². The minimum atomic E-state index is -0.0642. The summed E-state index contributed by atoms with van der Waals surface area (Å²) < 4.78 is 5.49. The summed E-state index contributed by atoms with van der Waals surface area (Å²) in [6.45, 7) is 4.14. The van der Waals surface area contributed by atoms with Crippen LogP contribution in [0.25, 0.3) is 0 Å². The SMILES string of the molecule is O=Cc1ccc(C(=O)NCC2(N3CCOCC3)CCCCC2)cc1. The quantitative estimate of drug-likeness (QED) is 0.842. The zero-order valence-corrected chi connectivity index (χ0v) is 14.1. The Bertz CT molecular complexity index is 558. The van der Waals surface area contributed by atoms with Crippen LogP contribution >= 0.6 is 0 Å². The minimum Gasteiger partial charge on any atom is -0.379 e. The predicted octanol–water partition coefficient (Wildman–Crippen LogP) is 2.26. The first-order valence-electron chi connectivity index (χ1n) is 8.90. The van der Waals surface area contributed by atoms with E-state index in [-0.39, 0.29) is 11.4 Å². The Balaban J connectivity index is 1.65. The number of amides is 1. The first kappa shape index (κ1) is 17.1. The van der Waals surface area contributed by atoms with Crippen molar-refractivity contribution in [3.05, 3.63) is 35.4 Å². The second-order valence-electron chi connectivity index (χ2n) is 6.81. The maximum absolute atomic E-state index is 12.5. The molecule has 0 atom stereocenters. The van der Waals surface area contributed by atoms with Crippen LogP contribution < -0.4 is 5.32 Å². The summed E-state index contributed by atoms with van der Waals surface area (Å²) >= 11 is 0. The molecule has 1 aliphatic carbocycles. The van der Waals surface area contributed by atoms with Crippen molar-refractivity contribution in [2.24, 2.45) is 0 Å². The number of carbonyl (C=O) groups is 2. The number of aldehydes is 1. The standard InChI is InChI=1S/C19H26N2O3/c22-14-16-4-6-17(7-5-16)18(23)20-15-19(8-2-1-3-9-19)21-10-12-24-13-11-21/h4-7,14H,1-3,8-13,15H2,(H,20,23). The maximum Gasteiger partial charge on any atom is 0.251 e. The summed E-state index contributed by atoms with van der Waals surface area (Å²) in [5.41, 5.74) is 1.26. The monoisotopic (exact) mass is 330 g/mol. The second-order valence-corrected chi connectivity index (χ2v) is 6.81. The normalized spacial score (nSPS) is 21.2. The molecule has 130 valence electrons. The fraction of sp³-hybridized carbons (Fsp3) is 0.579. The molecule has 1 saturated heterocycles. The van der Waals surface area contributed by atoms with Crippen molar-refractivity contribution < 1.29 is 14.3 Å². The van der Waals surface area contributed by atoms with Crippen LogP contribution in [0.2, 0.25) is 0 Å². The van der Waals surface area contributed by atoms with E-state index in [0.717, 1.165) is 45.4 Å². The molecule has 2 fully saturated rings. The summed E-state index contributed by atoms with van der Waals surface area (Å²) in [6, 6.07) is 6.78. The lowest BCUT2D eigenvalue weighted by Gasteiger charge is -2.48. The van der Waals surface area contributed by atoms with Gasteiger partial charge in [-0.3, -0.25) is 14.5 Å². The van der Waals surface area contributed by atoms with E-state index in [4.69, 9.17) is 4.74 Å². The number of rotatable bonds is 5. The van der Waals surface area contributed by atoms with Gasteiger partial charge in [0.05, 0.1) is 13.2 Å². The van der Waals surface area contributed by atoms with Gasteiger partial charge in [-0.2, -0.15) is 0 Å². The van der Waals surface area contributed by atoms with Crippen LogP contribution in [-0.4, -0.2) is 55.5 Å². The molecule has 1 saturated carbocycles. The highest BCUT2D eigenvalue weighted by Crippen LogP contribution is 2.33. The minimum absolute atomic E-state index is 0.0642. The average molecular weight is 330 g/mol. The highest BCUT2D eigenvalue weighted by molar-refractivity contribution is 5.94. The Morgan fingerprint density at radius 1 is 1.12 bits per heavy atom. The average Bonchev–Trinajstić information content (AvgIpc) is 2.67. The van der Waals surface area contributed by atoms with Crippen molar-refractivity contribution in [3.8, 4) is 0 Å². The first-order chi connectivity index (χ1) is 11.7. The maximum atomic E-state index is 12.5. The van der Waals surface area contributed by atoms with E-state index < -0.39 is 0 Å². The van der Waals surface area contributed by atoms with Crippen LogP contribution in [0.15, 0.2) is 24.3 Å². The molecule has 0 aromatic heterocycles. The first-order valence-corrected chi connectivity index (χ1v) is 8.90. The smallest absolute Gasteiger partial charge is 0.251 e. The highest BCUT2D eigenvalue weighted by atomic mass is 16.5. The largest absolute Gasteiger partial charge is 0.379 e. The van der Waals surface area contributed by atoms with E-state index in [0.29, 0.717) is 17.7 Å². The molecular formula is C19H26N2O3. The van der Waals surface area contributed by atoms with Crippen molar-refractivity contribution >= 4 is 12.2 Å². The summed E-state index contributed by atoms with van der Waals surface area (Å²) in [5.74, 6) is -0.0642. The van der Waals surface area contributed by atoms with E-state index in [1.807, 2.05) is 0 Å². The molecule has 24 heavy (non-hydrogen) atoms. The van der Waals surface area contributed by atoms with E-state index in [1.165, 1.54) is 19.3 Å². The molecule has 1 N–H and O–H groups in total. The summed E-state index contributed by atoms with van der Waals surface area (Å²) in [6.07, 6.45) is 6.79. The molecule has 1 heterocycles. The van der Waals surface area contributed by atoms with Gasteiger partial charge in [0.2, 0.25) is 0 Å². The molecule has 0 unspecified atom stereocenters. The zero-order chi connectivity index (χ0) is 16.8. The van der Waals surface area contributed by atoms with Crippen LogP contribution in [0.1, 0.15) is 52.8 Å². The van der Waals surface area contributed by atoms with Gasteiger partial charge in [-0.25, -0.2) is 0 Å². The number of morpholine rings is 1. The number of ether oxygens (including phenoxy) is 1. The van der Waals surface area contributed by atoms with Gasteiger partial charge in [-0.05, 0) is 25.0 Å². The third-order valence-electron chi connectivity index (χ3n) is 5.35. The van der Waals surface area contributed by atoms with Gasteiger partial charge in [-0.1, -0.05) is 31.4 Å². The molecule has 3 rings (SSSR count). The van der Waals surface area contributed by atoms with Crippen LogP contribution in [0.4, 0.5) is 0 Å². The van der Waals surface area contributed by atoms with Crippen LogP contribution in [-0.2, 0) is 4.74 Å². The molecule has 5 heteroatoms. The zero-order valence-electron chi connectivity index (χ0n) is 14.1. The van der Waals surface area contributed by atoms with Gasteiger partial charge in [0.1, 0.15) is 6.29 Å². The molecule has 5 nitrogen and oxygen atoms in total. The Morgan fingerprint density at radius 3 is 2.42 bits per heavy atom. The number of nitrogens with zero attached hydrogens (tertiary/aromatic N) is 1. The molecule has 1 aromatic rings. The number of nitrogens with one attached hydrogen (secondary N) is 1. The predicted molar refractivity (Wildman–Crippen MR) is 92.4 cm³/mol. The second kappa shape index (κ2) is 7.90. The van der Waals surface area contributed by atoms with E-state index in [2.05, 4.69) is 10.2 Å². The van der Waals surface area contributed by atoms with Crippen molar-refractivity contribution in [1.29, 1.82) is 0 Å². The number of hydrogen-bond acceptors (Lipinski definition) is 4. The van der Waals surface area contributed by atoms with E-state index in [1.54, 1.807) is 24.3 Å². The fourth-order valence-corrected chi connectivity index (χ4v) is 3.91. The van der Waals surface area contributed by atoms with Gasteiger partial charge >= 0.3 is 0 Å². The lowest BCUT2D eigenvalue weighted by atomic mass is 9.79. The van der Waals surface area contributed by atoms with Gasteiger partial charge < -0.3 is 10.1 Å². The van der Waals surface area contributed by atoms with Gasteiger partial charge in [0.25, 0.3) is 5.91 Å². The fourth-order valence-electron chi connectivity index (χ4n) is 3.91. The summed E-state index contributed by atoms with van der Waals surface area (Å²) in [5, 5.41) is 3.13. The van der Waals surface area contributed by atoms with Crippen molar-refractivity contribution in [2.75, 3.05) is 32.8 Å². The van der Waals surface area contributed by atoms with E-state index in [9.17, 15) is 9.59 Å².